The zero-order valence-electron chi connectivity index (χ0n) is 17.2. The van der Waals surface area contributed by atoms with Crippen molar-refractivity contribution >= 4 is 47.3 Å². The molecular formula is C22H40Br2O2Si. The molecule has 5 heteroatoms. The van der Waals surface area contributed by atoms with Crippen LogP contribution in [-0.2, 0) is 9.53 Å². The van der Waals surface area contributed by atoms with E-state index in [0.717, 1.165) is 15.9 Å². The molecule has 0 atom stereocenters. The Hall–Kier alpha value is 0.387. The van der Waals surface area contributed by atoms with Crippen LogP contribution in [0.5, 0.6) is 0 Å². The Labute approximate surface area is 187 Å². The van der Waals surface area contributed by atoms with Gasteiger partial charge in [0.25, 0.3) is 0 Å². The number of rotatable bonds is 21. The van der Waals surface area contributed by atoms with Gasteiger partial charge in [-0.05, 0) is 6.42 Å². The molecule has 0 bridgehead atoms. The Morgan fingerprint density at radius 2 is 1.11 bits per heavy atom. The van der Waals surface area contributed by atoms with Crippen LogP contribution in [0.1, 0.15) is 103 Å². The normalized spacial score (nSPS) is 11.1. The van der Waals surface area contributed by atoms with Gasteiger partial charge in [0.05, 0.1) is 19.5 Å². The van der Waals surface area contributed by atoms with Gasteiger partial charge in [-0.1, -0.05) is 141 Å². The van der Waals surface area contributed by atoms with Crippen LogP contribution in [0, 0.1) is 0 Å². The maximum absolute atomic E-state index is 10.9. The molecule has 0 aromatic rings. The summed E-state index contributed by atoms with van der Waals surface area (Å²) in [5.74, 6) is -0.302. The van der Waals surface area contributed by atoms with Crippen molar-refractivity contribution in [1.82, 2.24) is 0 Å². The largest absolute Gasteiger partial charge is 0.463 e. The van der Waals surface area contributed by atoms with E-state index in [-0.39, 0.29) is 5.97 Å². The predicted molar refractivity (Wildman–Crippen MR) is 127 cm³/mol. The minimum Gasteiger partial charge on any atom is -0.463 e. The average molecular weight is 524 g/mol. The molecule has 0 spiro atoms. The second-order valence-corrected chi connectivity index (χ2v) is 13.5. The standard InChI is InChI=1S/C22H40Br2O2Si/c1-2-21(25)26-19-17-15-13-11-9-7-5-3-4-6-8-10-12-14-16-18-20-27-22(23)24/h2,22H,1,3-20H2. The molecule has 0 aromatic carbocycles. The number of esters is 1. The number of alkyl halides is 2. The number of carbonyl (C=O) groups excluding carboxylic acids is 1. The van der Waals surface area contributed by atoms with Gasteiger partial charge in [0.1, 0.15) is 0 Å². The van der Waals surface area contributed by atoms with Gasteiger partial charge in [-0.2, -0.15) is 0 Å². The fraction of sp³-hybridized carbons (Fsp3) is 0.864. The fourth-order valence-electron chi connectivity index (χ4n) is 3.14. The molecule has 0 amide bonds. The van der Waals surface area contributed by atoms with Crippen LogP contribution >= 0.6 is 31.9 Å². The molecule has 0 saturated carbocycles. The molecule has 2 nitrogen and oxygen atoms in total. The third-order valence-electron chi connectivity index (χ3n) is 4.78. The highest BCUT2D eigenvalue weighted by Gasteiger charge is 1.99. The summed E-state index contributed by atoms with van der Waals surface area (Å²) >= 11 is 7.09. The molecule has 0 aliphatic carbocycles. The average Bonchev–Trinajstić information content (AvgIpc) is 2.65. The Kier molecular flexibility index (Phi) is 23.0. The number of hydrogen-bond donors (Lipinski definition) is 0. The van der Waals surface area contributed by atoms with Crippen LogP contribution in [-0.4, -0.2) is 25.5 Å². The van der Waals surface area contributed by atoms with E-state index in [1.54, 1.807) is 0 Å². The molecule has 0 saturated heterocycles. The molecule has 2 radical (unpaired) electrons. The van der Waals surface area contributed by atoms with Crippen molar-refractivity contribution in [3.8, 4) is 0 Å². The van der Waals surface area contributed by atoms with Crippen molar-refractivity contribution in [3.63, 3.8) is 0 Å². The van der Waals surface area contributed by atoms with E-state index >= 15 is 0 Å². The maximum Gasteiger partial charge on any atom is 0.330 e. The summed E-state index contributed by atoms with van der Waals surface area (Å²) in [5, 5.41) is 0. The van der Waals surface area contributed by atoms with Crippen molar-refractivity contribution in [2.45, 2.75) is 112 Å². The Morgan fingerprint density at radius 1 is 0.741 bits per heavy atom. The third kappa shape index (κ3) is 24.3. The van der Waals surface area contributed by atoms with Crippen molar-refractivity contribution in [1.29, 1.82) is 0 Å². The Morgan fingerprint density at radius 3 is 1.48 bits per heavy atom. The SMILES string of the molecule is C=CC(=O)OCCCCCCCCCCCCCCCCCC[Si]C(Br)Br. The van der Waals surface area contributed by atoms with Gasteiger partial charge in [-0.25, -0.2) is 4.79 Å². The topological polar surface area (TPSA) is 26.3 Å². The van der Waals surface area contributed by atoms with Crippen molar-refractivity contribution < 1.29 is 9.53 Å². The summed E-state index contributed by atoms with van der Waals surface area (Å²) in [6, 6.07) is 1.37. The lowest BCUT2D eigenvalue weighted by molar-refractivity contribution is -0.137. The predicted octanol–water partition coefficient (Wildman–Crippen LogP) is 8.15. The minimum absolute atomic E-state index is 0.302. The van der Waals surface area contributed by atoms with Crippen LogP contribution < -0.4 is 0 Å². The summed E-state index contributed by atoms with van der Waals surface area (Å²) in [6.07, 6.45) is 22.9. The molecule has 0 heterocycles. The second kappa shape index (κ2) is 22.7. The van der Waals surface area contributed by atoms with Crippen LogP contribution in [0.2, 0.25) is 6.04 Å². The van der Waals surface area contributed by atoms with E-state index in [1.165, 1.54) is 108 Å². The summed E-state index contributed by atoms with van der Waals surface area (Å²) in [5.41, 5.74) is 0. The quantitative estimate of drug-likeness (QED) is 0.0498. The molecule has 0 aromatic heterocycles. The number of hydrogen-bond acceptors (Lipinski definition) is 2. The van der Waals surface area contributed by atoms with Gasteiger partial charge < -0.3 is 4.74 Å². The van der Waals surface area contributed by atoms with E-state index < -0.39 is 0 Å². The van der Waals surface area contributed by atoms with E-state index in [9.17, 15) is 4.79 Å². The Bertz CT molecular complexity index is 338. The van der Waals surface area contributed by atoms with Gasteiger partial charge in [0, 0.05) is 6.08 Å². The van der Waals surface area contributed by atoms with Crippen LogP contribution in [0.15, 0.2) is 12.7 Å². The van der Waals surface area contributed by atoms with E-state index in [0.29, 0.717) is 9.97 Å². The Balaban J connectivity index is 3.03. The van der Waals surface area contributed by atoms with E-state index in [4.69, 9.17) is 4.74 Å². The maximum atomic E-state index is 10.9. The molecule has 0 N–H and O–H groups in total. The molecule has 0 aliphatic rings. The molecule has 158 valence electrons. The van der Waals surface area contributed by atoms with Crippen molar-refractivity contribution in [2.75, 3.05) is 6.61 Å². The molecule has 0 rings (SSSR count). The summed E-state index contributed by atoms with van der Waals surface area (Å²) in [6.45, 7) is 3.93. The van der Waals surface area contributed by atoms with E-state index in [2.05, 4.69) is 38.4 Å². The molecular weight excluding hydrogens is 484 g/mol. The number of halogens is 2. The van der Waals surface area contributed by atoms with E-state index in [1.807, 2.05) is 0 Å². The molecule has 0 unspecified atom stereocenters. The summed E-state index contributed by atoms with van der Waals surface area (Å²) in [4.78, 5) is 10.9. The van der Waals surface area contributed by atoms with Crippen LogP contribution in [0.3, 0.4) is 0 Å². The van der Waals surface area contributed by atoms with Gasteiger partial charge in [0.2, 0.25) is 0 Å². The first-order valence-electron chi connectivity index (χ1n) is 11.0. The van der Waals surface area contributed by atoms with Crippen LogP contribution in [0.4, 0.5) is 0 Å². The summed E-state index contributed by atoms with van der Waals surface area (Å²) < 4.78 is 5.50. The smallest absolute Gasteiger partial charge is 0.330 e. The number of unbranched alkanes of at least 4 members (excludes halogenated alkanes) is 15. The van der Waals surface area contributed by atoms with Crippen molar-refractivity contribution in [2.24, 2.45) is 0 Å². The molecule has 27 heavy (non-hydrogen) atoms. The third-order valence-corrected chi connectivity index (χ3v) is 7.67. The van der Waals surface area contributed by atoms with Gasteiger partial charge in [-0.15, -0.1) is 0 Å². The first-order valence-corrected chi connectivity index (χ1v) is 14.1. The highest BCUT2D eigenvalue weighted by Crippen LogP contribution is 2.15. The lowest BCUT2D eigenvalue weighted by atomic mass is 10.0. The van der Waals surface area contributed by atoms with Crippen molar-refractivity contribution in [3.05, 3.63) is 12.7 Å². The van der Waals surface area contributed by atoms with Gasteiger partial charge in [-0.3, -0.25) is 0 Å². The fourth-order valence-corrected chi connectivity index (χ4v) is 5.19. The highest BCUT2D eigenvalue weighted by molar-refractivity contribution is 9.25. The molecule has 0 fully saturated rings. The zero-order chi connectivity index (χ0) is 20.0. The first kappa shape index (κ1) is 27.4. The zero-order valence-corrected chi connectivity index (χ0v) is 21.3. The number of carbonyl (C=O) groups is 1. The lowest BCUT2D eigenvalue weighted by Gasteiger charge is -2.04. The highest BCUT2D eigenvalue weighted by atomic mass is 79.9. The summed E-state index contributed by atoms with van der Waals surface area (Å²) in [7, 11) is 1.01. The first-order chi connectivity index (χ1) is 13.2. The monoisotopic (exact) mass is 522 g/mol. The van der Waals surface area contributed by atoms with Gasteiger partial charge in [0.15, 0.2) is 0 Å². The second-order valence-electron chi connectivity index (χ2n) is 7.28. The van der Waals surface area contributed by atoms with Gasteiger partial charge >= 0.3 is 5.97 Å². The molecule has 0 aliphatic heterocycles. The van der Waals surface area contributed by atoms with Crippen LogP contribution in [0.25, 0.3) is 0 Å². The minimum atomic E-state index is -0.302. The number of ether oxygens (including phenoxy) is 1. The lowest BCUT2D eigenvalue weighted by Crippen LogP contribution is -2.01.